The molecule has 0 amide bonds. The largest absolute Gasteiger partial charge is 0.386 e. The smallest absolute Gasteiger partial charge is 0.170 e. The van der Waals surface area contributed by atoms with Gasteiger partial charge in [-0.25, -0.2) is 0 Å². The fraction of sp³-hybridized carbons (Fsp3) is 0.714. The highest BCUT2D eigenvalue weighted by Crippen LogP contribution is 2.03. The van der Waals surface area contributed by atoms with E-state index >= 15 is 0 Å². The molecule has 0 aromatic carbocycles. The predicted molar refractivity (Wildman–Crippen MR) is 52.8 cm³/mol. The average Bonchev–Trinajstić information content (AvgIpc) is 2.03. The van der Waals surface area contributed by atoms with E-state index in [1.165, 1.54) is 18.7 Å². The molecule has 1 unspecified atom stereocenters. The number of halogens is 1. The van der Waals surface area contributed by atoms with Gasteiger partial charge in [0.25, 0.3) is 0 Å². The van der Waals surface area contributed by atoms with Crippen molar-refractivity contribution >= 4 is 39.3 Å². The van der Waals surface area contributed by atoms with Gasteiger partial charge in [-0.2, -0.15) is 0 Å². The summed E-state index contributed by atoms with van der Waals surface area (Å²) in [4.78, 5) is 21.5. The molecule has 12 heavy (non-hydrogen) atoms. The fourth-order valence-corrected chi connectivity index (χ4v) is 1.76. The molecule has 1 N–H and O–H groups in total. The van der Waals surface area contributed by atoms with Crippen LogP contribution in [0.5, 0.6) is 0 Å². The molecule has 0 fully saturated rings. The molecule has 0 radical (unpaired) electrons. The Kier molecular flexibility index (Phi) is 6.70. The third-order valence-corrected chi connectivity index (χ3v) is 2.76. The molecule has 0 aromatic rings. The van der Waals surface area contributed by atoms with E-state index in [-0.39, 0.29) is 17.3 Å². The molecule has 5 heteroatoms. The molecule has 0 aromatic heterocycles. The van der Waals surface area contributed by atoms with E-state index < -0.39 is 6.10 Å². The van der Waals surface area contributed by atoms with E-state index in [0.29, 0.717) is 11.1 Å². The molecule has 0 saturated heterocycles. The van der Waals surface area contributed by atoms with Gasteiger partial charge in [-0.15, -0.1) is 11.8 Å². The van der Waals surface area contributed by atoms with E-state index in [2.05, 4.69) is 15.9 Å². The van der Waals surface area contributed by atoms with Crippen LogP contribution in [0.1, 0.15) is 6.92 Å². The van der Waals surface area contributed by atoms with Crippen molar-refractivity contribution in [3.05, 3.63) is 0 Å². The molecule has 0 rings (SSSR count). The summed E-state index contributed by atoms with van der Waals surface area (Å²) in [5, 5.41) is 9.11. The lowest BCUT2D eigenvalue weighted by Gasteiger charge is -2.01. The van der Waals surface area contributed by atoms with E-state index in [1.807, 2.05) is 0 Å². The Balaban J connectivity index is 3.44. The number of alkyl halides is 1. The monoisotopic (exact) mass is 254 g/mol. The zero-order valence-corrected chi connectivity index (χ0v) is 9.15. The maximum atomic E-state index is 10.8. The number of carbonyl (C=O) groups is 2. The molecular formula is C7H11BrO3S. The molecule has 0 spiro atoms. The Hall–Kier alpha value is 0.130. The average molecular weight is 255 g/mol. The molecule has 3 nitrogen and oxygen atoms in total. The summed E-state index contributed by atoms with van der Waals surface area (Å²) in [5.74, 6) is 0.348. The maximum Gasteiger partial charge on any atom is 0.170 e. The van der Waals surface area contributed by atoms with Crippen LogP contribution in [0.3, 0.4) is 0 Å². The Morgan fingerprint density at radius 2 is 2.08 bits per heavy atom. The standard InChI is InChI=1S/C7H11BrO3S/c1-5(9)7(11)4-12-3-6(10)2-8/h5,9H,2-4H2,1H3. The van der Waals surface area contributed by atoms with Crippen molar-refractivity contribution in [3.8, 4) is 0 Å². The minimum atomic E-state index is -0.920. The molecular weight excluding hydrogens is 244 g/mol. The van der Waals surface area contributed by atoms with Gasteiger partial charge in [-0.3, -0.25) is 9.59 Å². The number of aliphatic hydroxyl groups excluding tert-OH is 1. The van der Waals surface area contributed by atoms with Crippen LogP contribution in [0.25, 0.3) is 0 Å². The van der Waals surface area contributed by atoms with E-state index in [0.717, 1.165) is 0 Å². The molecule has 0 bridgehead atoms. The Morgan fingerprint density at radius 1 is 1.50 bits per heavy atom. The predicted octanol–water partition coefficient (Wildman–Crippen LogP) is 0.633. The number of carbonyl (C=O) groups excluding carboxylic acids is 2. The molecule has 0 heterocycles. The number of hydrogen-bond acceptors (Lipinski definition) is 4. The molecule has 0 aliphatic rings. The molecule has 0 saturated carbocycles. The van der Waals surface area contributed by atoms with Gasteiger partial charge >= 0.3 is 0 Å². The second-order valence-electron chi connectivity index (χ2n) is 2.31. The van der Waals surface area contributed by atoms with Crippen molar-refractivity contribution < 1.29 is 14.7 Å². The Morgan fingerprint density at radius 3 is 2.50 bits per heavy atom. The van der Waals surface area contributed by atoms with Crippen LogP contribution in [0.2, 0.25) is 0 Å². The van der Waals surface area contributed by atoms with Gasteiger partial charge in [-0.05, 0) is 6.92 Å². The fourth-order valence-electron chi connectivity index (χ4n) is 0.425. The number of rotatable bonds is 6. The molecule has 1 atom stereocenters. The van der Waals surface area contributed by atoms with Gasteiger partial charge in [0, 0.05) is 0 Å². The summed E-state index contributed by atoms with van der Waals surface area (Å²) in [6.45, 7) is 1.43. The van der Waals surface area contributed by atoms with Crippen molar-refractivity contribution in [2.24, 2.45) is 0 Å². The summed E-state index contributed by atoms with van der Waals surface area (Å²) in [5.41, 5.74) is 0. The van der Waals surface area contributed by atoms with Crippen molar-refractivity contribution in [1.29, 1.82) is 0 Å². The first kappa shape index (κ1) is 12.1. The van der Waals surface area contributed by atoms with Crippen LogP contribution in [-0.4, -0.2) is 39.6 Å². The first-order chi connectivity index (χ1) is 5.57. The van der Waals surface area contributed by atoms with Gasteiger partial charge in [0.05, 0.1) is 16.8 Å². The van der Waals surface area contributed by atoms with Crippen molar-refractivity contribution in [2.75, 3.05) is 16.8 Å². The molecule has 0 aliphatic heterocycles. The highest BCUT2D eigenvalue weighted by Gasteiger charge is 2.09. The third kappa shape index (κ3) is 5.74. The van der Waals surface area contributed by atoms with Crippen molar-refractivity contribution in [2.45, 2.75) is 13.0 Å². The van der Waals surface area contributed by atoms with Crippen LogP contribution in [0.15, 0.2) is 0 Å². The number of ketones is 2. The van der Waals surface area contributed by atoms with Crippen molar-refractivity contribution in [1.82, 2.24) is 0 Å². The summed E-state index contributed by atoms with van der Waals surface area (Å²) < 4.78 is 0. The van der Waals surface area contributed by atoms with Crippen LogP contribution in [0, 0.1) is 0 Å². The van der Waals surface area contributed by atoms with Crippen LogP contribution >= 0.6 is 27.7 Å². The first-order valence-corrected chi connectivity index (χ1v) is 5.71. The second kappa shape index (κ2) is 6.62. The van der Waals surface area contributed by atoms with Gasteiger partial charge in [0.1, 0.15) is 6.10 Å². The number of hydrogen-bond donors (Lipinski definition) is 1. The summed E-state index contributed by atoms with van der Waals surface area (Å²) in [6, 6.07) is 0. The molecule has 70 valence electrons. The minimum absolute atomic E-state index is 0.0541. The Labute approximate surface area is 84.0 Å². The quantitative estimate of drug-likeness (QED) is 0.707. The summed E-state index contributed by atoms with van der Waals surface area (Å²) >= 11 is 4.25. The highest BCUT2D eigenvalue weighted by molar-refractivity contribution is 9.09. The number of thioether (sulfide) groups is 1. The number of Topliss-reactive ketones (excluding diaryl/α,β-unsaturated/α-hetero) is 2. The van der Waals surface area contributed by atoms with Gasteiger partial charge in [-0.1, -0.05) is 15.9 Å². The van der Waals surface area contributed by atoms with Crippen LogP contribution in [-0.2, 0) is 9.59 Å². The lowest BCUT2D eigenvalue weighted by Crippen LogP contribution is -2.19. The SMILES string of the molecule is CC(O)C(=O)CSCC(=O)CBr. The van der Waals surface area contributed by atoms with Crippen LogP contribution < -0.4 is 0 Å². The lowest BCUT2D eigenvalue weighted by atomic mass is 10.3. The first-order valence-electron chi connectivity index (χ1n) is 3.44. The third-order valence-electron chi connectivity index (χ3n) is 1.12. The maximum absolute atomic E-state index is 10.8. The van der Waals surface area contributed by atoms with Crippen molar-refractivity contribution in [3.63, 3.8) is 0 Å². The van der Waals surface area contributed by atoms with Gasteiger partial charge < -0.3 is 5.11 Å². The zero-order chi connectivity index (χ0) is 9.56. The van der Waals surface area contributed by atoms with E-state index in [4.69, 9.17) is 5.11 Å². The van der Waals surface area contributed by atoms with E-state index in [1.54, 1.807) is 0 Å². The minimum Gasteiger partial charge on any atom is -0.386 e. The zero-order valence-electron chi connectivity index (χ0n) is 6.75. The normalized spacial score (nSPS) is 12.6. The Bertz CT molecular complexity index is 170. The van der Waals surface area contributed by atoms with Gasteiger partial charge in [0.15, 0.2) is 11.6 Å². The topological polar surface area (TPSA) is 54.4 Å². The highest BCUT2D eigenvalue weighted by atomic mass is 79.9. The number of aliphatic hydroxyl groups is 1. The summed E-state index contributed by atoms with van der Waals surface area (Å²) in [7, 11) is 0. The second-order valence-corrected chi connectivity index (χ2v) is 3.85. The van der Waals surface area contributed by atoms with Gasteiger partial charge in [0.2, 0.25) is 0 Å². The lowest BCUT2D eigenvalue weighted by molar-refractivity contribution is -0.123. The van der Waals surface area contributed by atoms with Crippen LogP contribution in [0.4, 0.5) is 0 Å². The van der Waals surface area contributed by atoms with E-state index in [9.17, 15) is 9.59 Å². The molecule has 0 aliphatic carbocycles. The summed E-state index contributed by atoms with van der Waals surface area (Å²) in [6.07, 6.45) is -0.920.